The Balaban J connectivity index is 2.40. The van der Waals surface area contributed by atoms with Gasteiger partial charge in [0.05, 0.1) is 6.42 Å². The van der Waals surface area contributed by atoms with Crippen molar-refractivity contribution in [1.29, 1.82) is 0 Å². The second-order valence-electron chi connectivity index (χ2n) is 4.89. The van der Waals surface area contributed by atoms with Crippen LogP contribution in [0.3, 0.4) is 0 Å². The lowest BCUT2D eigenvalue weighted by molar-refractivity contribution is -0.129. The fourth-order valence-corrected chi connectivity index (χ4v) is 1.76. The fraction of sp³-hybridized carbons (Fsp3) is 0.500. The first-order valence-corrected chi connectivity index (χ1v) is 6.22. The molecule has 0 spiro atoms. The number of hydrogen-bond donors (Lipinski definition) is 1. The molecule has 1 rings (SSSR count). The van der Waals surface area contributed by atoms with Crippen molar-refractivity contribution in [1.82, 2.24) is 9.80 Å². The minimum Gasteiger partial charge on any atom is -0.399 e. The minimum absolute atomic E-state index is 0.138. The van der Waals surface area contributed by atoms with E-state index < -0.39 is 0 Å². The van der Waals surface area contributed by atoms with E-state index in [1.165, 1.54) is 0 Å². The number of carbonyl (C=O) groups is 1. The third-order valence-electron chi connectivity index (χ3n) is 2.83. The van der Waals surface area contributed by atoms with Crippen LogP contribution in [0.25, 0.3) is 0 Å². The van der Waals surface area contributed by atoms with Gasteiger partial charge < -0.3 is 15.5 Å². The maximum Gasteiger partial charge on any atom is 0.226 e. The van der Waals surface area contributed by atoms with Crippen LogP contribution in [0.5, 0.6) is 0 Å². The molecule has 100 valence electrons. The van der Waals surface area contributed by atoms with E-state index in [0.29, 0.717) is 12.1 Å². The molecule has 1 aromatic rings. The summed E-state index contributed by atoms with van der Waals surface area (Å²) in [6, 6.07) is 7.49. The predicted molar refractivity (Wildman–Crippen MR) is 75.4 cm³/mol. The molecular weight excluding hydrogens is 226 g/mol. The maximum atomic E-state index is 12.0. The molecule has 0 aliphatic rings. The number of likely N-dealkylation sites (N-methyl/N-ethyl adjacent to an activating group) is 1. The molecule has 0 aliphatic carbocycles. The van der Waals surface area contributed by atoms with E-state index in [1.807, 2.05) is 45.4 Å². The van der Waals surface area contributed by atoms with Crippen molar-refractivity contribution in [2.75, 3.05) is 40.0 Å². The number of nitrogens with zero attached hydrogens (tertiary/aromatic N) is 2. The number of nitrogens with two attached hydrogens (primary N) is 1. The molecule has 0 fully saturated rings. The highest BCUT2D eigenvalue weighted by molar-refractivity contribution is 5.78. The molecule has 2 N–H and O–H groups in total. The van der Waals surface area contributed by atoms with Crippen molar-refractivity contribution in [2.24, 2.45) is 0 Å². The van der Waals surface area contributed by atoms with Crippen LogP contribution in [0, 0.1) is 0 Å². The van der Waals surface area contributed by atoms with Crippen LogP contribution in [0.4, 0.5) is 5.69 Å². The molecule has 1 amide bonds. The number of benzene rings is 1. The molecule has 0 atom stereocenters. The third-order valence-corrected chi connectivity index (χ3v) is 2.83. The van der Waals surface area contributed by atoms with Gasteiger partial charge in [0, 0.05) is 19.3 Å². The molecule has 0 bridgehead atoms. The Morgan fingerprint density at radius 2 is 1.94 bits per heavy atom. The zero-order valence-corrected chi connectivity index (χ0v) is 11.5. The molecular formula is C14H23N3O. The van der Waals surface area contributed by atoms with E-state index in [2.05, 4.69) is 4.90 Å². The van der Waals surface area contributed by atoms with Gasteiger partial charge in [-0.2, -0.15) is 0 Å². The van der Waals surface area contributed by atoms with E-state index in [4.69, 9.17) is 5.73 Å². The van der Waals surface area contributed by atoms with E-state index >= 15 is 0 Å². The molecule has 18 heavy (non-hydrogen) atoms. The van der Waals surface area contributed by atoms with Gasteiger partial charge in [0.2, 0.25) is 5.91 Å². The van der Waals surface area contributed by atoms with Crippen molar-refractivity contribution in [3.63, 3.8) is 0 Å². The van der Waals surface area contributed by atoms with Gasteiger partial charge in [-0.1, -0.05) is 12.1 Å². The number of carbonyl (C=O) groups excluding carboxylic acids is 1. The van der Waals surface area contributed by atoms with Gasteiger partial charge in [-0.05, 0) is 44.8 Å². The summed E-state index contributed by atoms with van der Waals surface area (Å²) in [6.45, 7) is 1.79. The highest BCUT2D eigenvalue weighted by Gasteiger charge is 2.09. The topological polar surface area (TPSA) is 49.6 Å². The maximum absolute atomic E-state index is 12.0. The van der Waals surface area contributed by atoms with Crippen LogP contribution in [0.2, 0.25) is 0 Å². The number of hydrogen-bond acceptors (Lipinski definition) is 3. The summed E-state index contributed by atoms with van der Waals surface area (Å²) in [6.07, 6.45) is 1.41. The number of rotatable bonds is 6. The van der Waals surface area contributed by atoms with Crippen molar-refractivity contribution in [2.45, 2.75) is 12.8 Å². The Morgan fingerprint density at radius 1 is 1.22 bits per heavy atom. The largest absolute Gasteiger partial charge is 0.399 e. The Kier molecular flexibility index (Phi) is 5.65. The summed E-state index contributed by atoms with van der Waals surface area (Å²) >= 11 is 0. The SMILES string of the molecule is CN(C)CCCN(C)C(=O)Cc1cccc(N)c1. The van der Waals surface area contributed by atoms with Gasteiger partial charge in [0.25, 0.3) is 0 Å². The average Bonchev–Trinajstić information content (AvgIpc) is 2.28. The number of anilines is 1. The smallest absolute Gasteiger partial charge is 0.226 e. The standard InChI is InChI=1S/C14H23N3O/c1-16(2)8-5-9-17(3)14(18)11-12-6-4-7-13(15)10-12/h4,6-7,10H,5,8-9,11,15H2,1-3H3. The van der Waals surface area contributed by atoms with E-state index in [-0.39, 0.29) is 5.91 Å². The Hall–Kier alpha value is -1.55. The van der Waals surface area contributed by atoms with Crippen molar-refractivity contribution < 1.29 is 4.79 Å². The number of amides is 1. The molecule has 0 aromatic heterocycles. The first kappa shape index (κ1) is 14.5. The average molecular weight is 249 g/mol. The van der Waals surface area contributed by atoms with E-state index in [1.54, 1.807) is 4.90 Å². The van der Waals surface area contributed by atoms with E-state index in [9.17, 15) is 4.79 Å². The minimum atomic E-state index is 0.138. The lowest BCUT2D eigenvalue weighted by Crippen LogP contribution is -2.30. The molecule has 0 radical (unpaired) electrons. The molecule has 1 aromatic carbocycles. The Morgan fingerprint density at radius 3 is 2.56 bits per heavy atom. The molecule has 0 heterocycles. The van der Waals surface area contributed by atoms with Gasteiger partial charge in [0.15, 0.2) is 0 Å². The van der Waals surface area contributed by atoms with Crippen LogP contribution in [0.1, 0.15) is 12.0 Å². The first-order chi connectivity index (χ1) is 8.49. The number of nitrogen functional groups attached to an aromatic ring is 1. The van der Waals surface area contributed by atoms with Crippen LogP contribution < -0.4 is 5.73 Å². The molecule has 4 heteroatoms. The quantitative estimate of drug-likeness (QED) is 0.771. The van der Waals surface area contributed by atoms with Crippen molar-refractivity contribution in [3.05, 3.63) is 29.8 Å². The van der Waals surface area contributed by atoms with Crippen LogP contribution in [-0.2, 0) is 11.2 Å². The predicted octanol–water partition coefficient (Wildman–Crippen LogP) is 1.22. The van der Waals surface area contributed by atoms with Crippen LogP contribution >= 0.6 is 0 Å². The highest BCUT2D eigenvalue weighted by atomic mass is 16.2. The van der Waals surface area contributed by atoms with Crippen molar-refractivity contribution in [3.8, 4) is 0 Å². The summed E-state index contributed by atoms with van der Waals surface area (Å²) in [5.41, 5.74) is 7.37. The molecule has 0 saturated heterocycles. The van der Waals surface area contributed by atoms with Crippen molar-refractivity contribution >= 4 is 11.6 Å². The normalized spacial score (nSPS) is 10.7. The van der Waals surface area contributed by atoms with Crippen LogP contribution in [0.15, 0.2) is 24.3 Å². The Labute approximate surface area is 109 Å². The summed E-state index contributed by atoms with van der Waals surface area (Å²) in [5.74, 6) is 0.138. The summed E-state index contributed by atoms with van der Waals surface area (Å²) in [7, 11) is 5.92. The van der Waals surface area contributed by atoms with Gasteiger partial charge in [0.1, 0.15) is 0 Å². The van der Waals surface area contributed by atoms with Gasteiger partial charge >= 0.3 is 0 Å². The van der Waals surface area contributed by atoms with E-state index in [0.717, 1.165) is 25.1 Å². The van der Waals surface area contributed by atoms with Crippen LogP contribution in [-0.4, -0.2) is 49.9 Å². The zero-order valence-electron chi connectivity index (χ0n) is 11.5. The second-order valence-corrected chi connectivity index (χ2v) is 4.89. The lowest BCUT2D eigenvalue weighted by Gasteiger charge is -2.18. The molecule has 0 saturated carbocycles. The Bertz CT molecular complexity index is 390. The molecule has 0 aliphatic heterocycles. The monoisotopic (exact) mass is 249 g/mol. The highest BCUT2D eigenvalue weighted by Crippen LogP contribution is 2.08. The summed E-state index contributed by atoms with van der Waals surface area (Å²) in [5, 5.41) is 0. The summed E-state index contributed by atoms with van der Waals surface area (Å²) < 4.78 is 0. The molecule has 0 unspecified atom stereocenters. The second kappa shape index (κ2) is 7.01. The van der Waals surface area contributed by atoms with Gasteiger partial charge in [-0.25, -0.2) is 0 Å². The first-order valence-electron chi connectivity index (χ1n) is 6.22. The molecule has 4 nitrogen and oxygen atoms in total. The van der Waals surface area contributed by atoms with Gasteiger partial charge in [-0.15, -0.1) is 0 Å². The summed E-state index contributed by atoms with van der Waals surface area (Å²) in [4.78, 5) is 15.9. The third kappa shape index (κ3) is 5.19. The zero-order chi connectivity index (χ0) is 13.5. The van der Waals surface area contributed by atoms with Gasteiger partial charge in [-0.3, -0.25) is 4.79 Å². The lowest BCUT2D eigenvalue weighted by atomic mass is 10.1. The fourth-order valence-electron chi connectivity index (χ4n) is 1.76.